The van der Waals surface area contributed by atoms with E-state index in [0.717, 1.165) is 44.1 Å². The summed E-state index contributed by atoms with van der Waals surface area (Å²) in [4.78, 5) is 4.62. The molecule has 0 saturated carbocycles. The molecular formula is C17H27ClIN3O2. The molecule has 5 nitrogen and oxygen atoms in total. The summed E-state index contributed by atoms with van der Waals surface area (Å²) in [7, 11) is 1.69. The molecule has 0 radical (unpaired) electrons. The second-order valence-electron chi connectivity index (χ2n) is 5.51. The van der Waals surface area contributed by atoms with E-state index in [4.69, 9.17) is 21.1 Å². The fraction of sp³-hybridized carbons (Fsp3) is 0.588. The fourth-order valence-electron chi connectivity index (χ4n) is 2.55. The van der Waals surface area contributed by atoms with Crippen molar-refractivity contribution in [3.63, 3.8) is 0 Å². The van der Waals surface area contributed by atoms with Crippen LogP contribution in [0.3, 0.4) is 0 Å². The summed E-state index contributed by atoms with van der Waals surface area (Å²) in [5.41, 5.74) is 1.03. The molecule has 2 rings (SSSR count). The summed E-state index contributed by atoms with van der Waals surface area (Å²) >= 11 is 6.05. The minimum absolute atomic E-state index is 0. The van der Waals surface area contributed by atoms with E-state index < -0.39 is 0 Å². The Balaban J connectivity index is 0.00000288. The monoisotopic (exact) mass is 467 g/mol. The number of halogens is 2. The summed E-state index contributed by atoms with van der Waals surface area (Å²) < 4.78 is 11.2. The quantitative estimate of drug-likeness (QED) is 0.367. The van der Waals surface area contributed by atoms with E-state index in [1.54, 1.807) is 7.11 Å². The standard InChI is InChI=1S/C17H26ClN3O2.HI/c1-3-19-17(20-11-15-8-5-9-23-15)21-12-16(22-2)13-6-4-7-14(18)10-13;/h4,6-7,10,15-16H,3,5,8-9,11-12H2,1-2H3,(H2,19,20,21);1H. The van der Waals surface area contributed by atoms with E-state index in [9.17, 15) is 0 Å². The van der Waals surface area contributed by atoms with Crippen LogP contribution in [0.4, 0.5) is 0 Å². The minimum atomic E-state index is -0.119. The average Bonchev–Trinajstić information content (AvgIpc) is 3.06. The van der Waals surface area contributed by atoms with Crippen molar-refractivity contribution in [1.29, 1.82) is 0 Å². The van der Waals surface area contributed by atoms with Gasteiger partial charge in [-0.3, -0.25) is 4.99 Å². The van der Waals surface area contributed by atoms with Crippen LogP contribution in [0.5, 0.6) is 0 Å². The second kappa shape index (κ2) is 11.9. The Morgan fingerprint density at radius 2 is 2.29 bits per heavy atom. The molecule has 7 heteroatoms. The molecule has 2 N–H and O–H groups in total. The molecule has 1 fully saturated rings. The van der Waals surface area contributed by atoms with E-state index in [2.05, 4.69) is 15.6 Å². The number of ether oxygens (including phenoxy) is 2. The van der Waals surface area contributed by atoms with Crippen LogP contribution in [0.25, 0.3) is 0 Å². The van der Waals surface area contributed by atoms with E-state index in [1.165, 1.54) is 0 Å². The van der Waals surface area contributed by atoms with Crippen LogP contribution in [-0.2, 0) is 9.47 Å². The van der Waals surface area contributed by atoms with Crippen molar-refractivity contribution in [1.82, 2.24) is 10.6 Å². The van der Waals surface area contributed by atoms with Gasteiger partial charge in [0.1, 0.15) is 6.10 Å². The Morgan fingerprint density at radius 3 is 2.92 bits per heavy atom. The lowest BCUT2D eigenvalue weighted by molar-refractivity contribution is 0.110. The number of nitrogens with zero attached hydrogens (tertiary/aromatic N) is 1. The zero-order valence-corrected chi connectivity index (χ0v) is 17.3. The van der Waals surface area contributed by atoms with Gasteiger partial charge in [0.15, 0.2) is 5.96 Å². The molecule has 1 aliphatic heterocycles. The zero-order valence-electron chi connectivity index (χ0n) is 14.3. The van der Waals surface area contributed by atoms with Crippen molar-refractivity contribution >= 4 is 41.5 Å². The molecule has 0 spiro atoms. The number of rotatable bonds is 7. The van der Waals surface area contributed by atoms with E-state index in [1.807, 2.05) is 31.2 Å². The molecule has 1 saturated heterocycles. The maximum atomic E-state index is 6.05. The first-order valence-electron chi connectivity index (χ1n) is 8.15. The van der Waals surface area contributed by atoms with Crippen LogP contribution in [0.2, 0.25) is 5.02 Å². The van der Waals surface area contributed by atoms with Crippen LogP contribution < -0.4 is 10.6 Å². The Labute approximate surface area is 166 Å². The van der Waals surface area contributed by atoms with Gasteiger partial charge in [0.2, 0.25) is 0 Å². The first-order valence-corrected chi connectivity index (χ1v) is 8.52. The van der Waals surface area contributed by atoms with E-state index in [0.29, 0.717) is 11.6 Å². The molecule has 1 aromatic rings. The average molecular weight is 468 g/mol. The number of methoxy groups -OCH3 is 1. The molecule has 1 aromatic carbocycles. The number of benzene rings is 1. The van der Waals surface area contributed by atoms with Gasteiger partial charge in [-0.1, -0.05) is 23.7 Å². The largest absolute Gasteiger partial charge is 0.376 e. The van der Waals surface area contributed by atoms with Crippen molar-refractivity contribution in [3.8, 4) is 0 Å². The van der Waals surface area contributed by atoms with Crippen LogP contribution in [0, 0.1) is 0 Å². The highest BCUT2D eigenvalue weighted by Crippen LogP contribution is 2.20. The van der Waals surface area contributed by atoms with Gasteiger partial charge in [0.05, 0.1) is 12.6 Å². The lowest BCUT2D eigenvalue weighted by Gasteiger charge is -2.17. The third-order valence-corrected chi connectivity index (χ3v) is 4.02. The number of hydrogen-bond acceptors (Lipinski definition) is 3. The Morgan fingerprint density at radius 1 is 1.46 bits per heavy atom. The van der Waals surface area contributed by atoms with Gasteiger partial charge in [0.25, 0.3) is 0 Å². The third kappa shape index (κ3) is 7.13. The third-order valence-electron chi connectivity index (χ3n) is 3.79. The highest BCUT2D eigenvalue weighted by Gasteiger charge is 2.16. The lowest BCUT2D eigenvalue weighted by Crippen LogP contribution is -2.41. The van der Waals surface area contributed by atoms with Gasteiger partial charge in [-0.25, -0.2) is 0 Å². The van der Waals surface area contributed by atoms with Gasteiger partial charge in [-0.2, -0.15) is 0 Å². The van der Waals surface area contributed by atoms with Crippen LogP contribution in [0.15, 0.2) is 29.3 Å². The number of guanidine groups is 1. The molecule has 0 bridgehead atoms. The Kier molecular flexibility index (Phi) is 10.6. The van der Waals surface area contributed by atoms with Crippen molar-refractivity contribution in [2.75, 3.05) is 33.4 Å². The Bertz CT molecular complexity index is 510. The normalized spacial score (nSPS) is 18.8. The molecular weight excluding hydrogens is 441 g/mol. The number of nitrogens with one attached hydrogen (secondary N) is 2. The first-order chi connectivity index (χ1) is 11.2. The molecule has 0 aliphatic carbocycles. The molecule has 24 heavy (non-hydrogen) atoms. The van der Waals surface area contributed by atoms with Crippen molar-refractivity contribution < 1.29 is 9.47 Å². The van der Waals surface area contributed by atoms with Crippen molar-refractivity contribution in [3.05, 3.63) is 34.9 Å². The fourth-order valence-corrected chi connectivity index (χ4v) is 2.75. The molecule has 2 atom stereocenters. The Hall–Kier alpha value is -0.570. The van der Waals surface area contributed by atoms with Gasteiger partial charge >= 0.3 is 0 Å². The van der Waals surface area contributed by atoms with Crippen LogP contribution in [-0.4, -0.2) is 45.4 Å². The summed E-state index contributed by atoms with van der Waals surface area (Å²) in [6, 6.07) is 7.70. The first kappa shape index (κ1) is 21.5. The topological polar surface area (TPSA) is 54.9 Å². The van der Waals surface area contributed by atoms with Gasteiger partial charge < -0.3 is 20.1 Å². The summed E-state index contributed by atoms with van der Waals surface area (Å²) in [6.07, 6.45) is 2.41. The highest BCUT2D eigenvalue weighted by atomic mass is 127. The number of aliphatic imine (C=N–C) groups is 1. The van der Waals surface area contributed by atoms with Gasteiger partial charge in [0, 0.05) is 31.8 Å². The summed E-state index contributed by atoms with van der Waals surface area (Å²) in [5, 5.41) is 7.29. The summed E-state index contributed by atoms with van der Waals surface area (Å²) in [6.45, 7) is 5.03. The zero-order chi connectivity index (χ0) is 16.5. The predicted molar refractivity (Wildman–Crippen MR) is 110 cm³/mol. The van der Waals surface area contributed by atoms with Crippen LogP contribution in [0.1, 0.15) is 31.4 Å². The second-order valence-corrected chi connectivity index (χ2v) is 5.95. The van der Waals surface area contributed by atoms with Gasteiger partial charge in [-0.05, 0) is 37.5 Å². The smallest absolute Gasteiger partial charge is 0.191 e. The van der Waals surface area contributed by atoms with Crippen LogP contribution >= 0.6 is 35.6 Å². The molecule has 136 valence electrons. The minimum Gasteiger partial charge on any atom is -0.376 e. The van der Waals surface area contributed by atoms with Gasteiger partial charge in [-0.15, -0.1) is 24.0 Å². The maximum Gasteiger partial charge on any atom is 0.191 e. The number of hydrogen-bond donors (Lipinski definition) is 2. The molecule has 2 unspecified atom stereocenters. The van der Waals surface area contributed by atoms with E-state index >= 15 is 0 Å². The van der Waals surface area contributed by atoms with Crippen molar-refractivity contribution in [2.45, 2.75) is 32.0 Å². The molecule has 0 aromatic heterocycles. The highest BCUT2D eigenvalue weighted by molar-refractivity contribution is 14.0. The molecule has 1 heterocycles. The molecule has 0 amide bonds. The SMILES string of the molecule is CCNC(=NCC(OC)c1cccc(Cl)c1)NCC1CCCO1.I. The van der Waals surface area contributed by atoms with Crippen molar-refractivity contribution in [2.24, 2.45) is 4.99 Å². The summed E-state index contributed by atoms with van der Waals surface area (Å²) in [5.74, 6) is 0.784. The van der Waals surface area contributed by atoms with E-state index in [-0.39, 0.29) is 36.2 Å². The maximum absolute atomic E-state index is 6.05. The predicted octanol–water partition coefficient (Wildman–Crippen LogP) is 3.38. The lowest BCUT2D eigenvalue weighted by atomic mass is 10.1. The molecule has 1 aliphatic rings.